The Hall–Kier alpha value is -3.42. The van der Waals surface area contributed by atoms with Crippen LogP contribution in [-0.4, -0.2) is 25.8 Å². The maximum atomic E-state index is 12.7. The van der Waals surface area contributed by atoms with Gasteiger partial charge in [0.2, 0.25) is 0 Å². The second-order valence-electron chi connectivity index (χ2n) is 9.37. The van der Waals surface area contributed by atoms with Crippen LogP contribution in [0.15, 0.2) is 66.4 Å². The number of carbonyl (C=O) groups excluding carboxylic acids is 1. The van der Waals surface area contributed by atoms with Crippen LogP contribution < -0.4 is 5.32 Å². The number of rotatable bonds is 8. The van der Waals surface area contributed by atoms with Crippen molar-refractivity contribution in [3.8, 4) is 0 Å². The normalized spacial score (nSPS) is 15.0. The summed E-state index contributed by atoms with van der Waals surface area (Å²) in [6.07, 6.45) is 8.90. The molecule has 1 amide bonds. The van der Waals surface area contributed by atoms with E-state index in [-0.39, 0.29) is 11.9 Å². The van der Waals surface area contributed by atoms with Gasteiger partial charge in [0.15, 0.2) is 0 Å². The van der Waals surface area contributed by atoms with Gasteiger partial charge in [-0.3, -0.25) is 19.7 Å². The summed E-state index contributed by atoms with van der Waals surface area (Å²) in [5.74, 6) is -0.0831. The lowest BCUT2D eigenvalue weighted by Gasteiger charge is -2.34. The smallest absolute Gasteiger partial charge is 0.253 e. The first kappa shape index (κ1) is 24.3. The second-order valence-corrected chi connectivity index (χ2v) is 10.4. The van der Waals surface area contributed by atoms with Crippen molar-refractivity contribution in [2.24, 2.45) is 0 Å². The Morgan fingerprint density at radius 1 is 1.00 bits per heavy atom. The first-order chi connectivity index (χ1) is 17.6. The lowest BCUT2D eigenvalue weighted by Crippen LogP contribution is -2.31. The van der Waals surface area contributed by atoms with Crippen molar-refractivity contribution in [3.63, 3.8) is 0 Å². The SMILES string of the molecule is Cc1ccnc(C)c1C(=O)NCc1ccc(CN(Cc2nccs2)C2CCCc3cccnc32)cc1. The molecule has 0 bridgehead atoms. The van der Waals surface area contributed by atoms with Crippen molar-refractivity contribution >= 4 is 17.2 Å². The minimum Gasteiger partial charge on any atom is -0.348 e. The maximum absolute atomic E-state index is 12.7. The van der Waals surface area contributed by atoms with Crippen molar-refractivity contribution in [1.82, 2.24) is 25.2 Å². The van der Waals surface area contributed by atoms with Gasteiger partial charge in [0, 0.05) is 37.1 Å². The van der Waals surface area contributed by atoms with Gasteiger partial charge in [-0.15, -0.1) is 11.3 Å². The van der Waals surface area contributed by atoms with E-state index in [0.717, 1.165) is 47.8 Å². The molecule has 4 aromatic rings. The predicted octanol–water partition coefficient (Wildman–Crippen LogP) is 5.56. The van der Waals surface area contributed by atoms with Gasteiger partial charge in [-0.05, 0) is 67.5 Å². The third kappa shape index (κ3) is 5.53. The van der Waals surface area contributed by atoms with Crippen molar-refractivity contribution in [2.75, 3.05) is 0 Å². The molecule has 0 aliphatic heterocycles. The zero-order valence-corrected chi connectivity index (χ0v) is 21.6. The van der Waals surface area contributed by atoms with Crippen LogP contribution in [0, 0.1) is 13.8 Å². The van der Waals surface area contributed by atoms with Gasteiger partial charge in [-0.25, -0.2) is 4.98 Å². The minimum absolute atomic E-state index is 0.0831. The molecule has 1 unspecified atom stereocenters. The number of nitrogens with one attached hydrogen (secondary N) is 1. The number of pyridine rings is 2. The largest absolute Gasteiger partial charge is 0.348 e. The van der Waals surface area contributed by atoms with Gasteiger partial charge in [-0.1, -0.05) is 30.3 Å². The van der Waals surface area contributed by atoms with E-state index in [9.17, 15) is 4.79 Å². The first-order valence-corrected chi connectivity index (χ1v) is 13.3. The van der Waals surface area contributed by atoms with Crippen LogP contribution in [0.4, 0.5) is 0 Å². The van der Waals surface area contributed by atoms with E-state index in [2.05, 4.69) is 50.5 Å². The fraction of sp³-hybridized carbons (Fsp3) is 0.310. The molecular formula is C29H31N5OS. The molecular weight excluding hydrogens is 466 g/mol. The molecule has 3 aromatic heterocycles. The molecule has 1 N–H and O–H groups in total. The number of nitrogens with zero attached hydrogens (tertiary/aromatic N) is 4. The molecule has 3 heterocycles. The molecule has 184 valence electrons. The van der Waals surface area contributed by atoms with Gasteiger partial charge in [-0.2, -0.15) is 0 Å². The number of aryl methyl sites for hydroxylation is 3. The van der Waals surface area contributed by atoms with Crippen molar-refractivity contribution < 1.29 is 4.79 Å². The number of thiazole rings is 1. The molecule has 0 saturated carbocycles. The number of fused-ring (bicyclic) bond motifs is 1. The average molecular weight is 498 g/mol. The molecule has 5 rings (SSSR count). The number of aromatic nitrogens is 3. The topological polar surface area (TPSA) is 71.0 Å². The molecule has 1 aliphatic rings. The fourth-order valence-corrected chi connectivity index (χ4v) is 5.67. The van der Waals surface area contributed by atoms with Crippen LogP contribution in [0.1, 0.15) is 67.9 Å². The van der Waals surface area contributed by atoms with E-state index in [1.165, 1.54) is 23.2 Å². The first-order valence-electron chi connectivity index (χ1n) is 12.4. The number of carbonyl (C=O) groups is 1. The molecule has 6 nitrogen and oxygen atoms in total. The van der Waals surface area contributed by atoms with Crippen molar-refractivity contribution in [3.05, 3.63) is 111 Å². The Labute approximate surface area is 216 Å². The van der Waals surface area contributed by atoms with Crippen LogP contribution in [0.25, 0.3) is 0 Å². The average Bonchev–Trinajstić information content (AvgIpc) is 3.41. The van der Waals surface area contributed by atoms with E-state index in [4.69, 9.17) is 4.98 Å². The number of hydrogen-bond acceptors (Lipinski definition) is 6. The van der Waals surface area contributed by atoms with Gasteiger partial charge < -0.3 is 5.32 Å². The summed E-state index contributed by atoms with van der Waals surface area (Å²) in [6.45, 7) is 5.92. The Kier molecular flexibility index (Phi) is 7.49. The van der Waals surface area contributed by atoms with Crippen LogP contribution in [0.3, 0.4) is 0 Å². The maximum Gasteiger partial charge on any atom is 0.253 e. The van der Waals surface area contributed by atoms with Crippen LogP contribution in [0.5, 0.6) is 0 Å². The Morgan fingerprint density at radius 3 is 2.61 bits per heavy atom. The number of amides is 1. The van der Waals surface area contributed by atoms with Gasteiger partial charge in [0.25, 0.3) is 5.91 Å². The third-order valence-corrected chi connectivity index (χ3v) is 7.63. The van der Waals surface area contributed by atoms with E-state index < -0.39 is 0 Å². The van der Waals surface area contributed by atoms with Gasteiger partial charge in [0.1, 0.15) is 5.01 Å². The molecule has 1 atom stereocenters. The van der Waals surface area contributed by atoms with Gasteiger partial charge >= 0.3 is 0 Å². The predicted molar refractivity (Wildman–Crippen MR) is 143 cm³/mol. The summed E-state index contributed by atoms with van der Waals surface area (Å²) in [5.41, 5.74) is 7.24. The molecule has 0 spiro atoms. The summed E-state index contributed by atoms with van der Waals surface area (Å²) in [5, 5.41) is 6.21. The summed E-state index contributed by atoms with van der Waals surface area (Å²) in [4.78, 5) is 28.8. The number of hydrogen-bond donors (Lipinski definition) is 1. The standard InChI is InChI=1S/C29H31N5OS/c1-20-12-14-30-21(2)27(20)29(35)33-17-22-8-10-23(11-9-22)18-34(19-26-31-15-16-36-26)25-7-3-5-24-6-4-13-32-28(24)25/h4,6,8-16,25H,3,5,7,17-19H2,1-2H3,(H,33,35). The lowest BCUT2D eigenvalue weighted by atomic mass is 9.90. The van der Waals surface area contributed by atoms with E-state index >= 15 is 0 Å². The van der Waals surface area contributed by atoms with Crippen LogP contribution in [-0.2, 0) is 26.1 Å². The summed E-state index contributed by atoms with van der Waals surface area (Å²) >= 11 is 1.70. The summed E-state index contributed by atoms with van der Waals surface area (Å²) in [7, 11) is 0. The summed E-state index contributed by atoms with van der Waals surface area (Å²) in [6, 6.07) is 14.9. The Bertz CT molecular complexity index is 1300. The van der Waals surface area contributed by atoms with Crippen LogP contribution in [0.2, 0.25) is 0 Å². The quantitative estimate of drug-likeness (QED) is 0.345. The molecule has 0 saturated heterocycles. The highest BCUT2D eigenvalue weighted by Crippen LogP contribution is 2.35. The highest BCUT2D eigenvalue weighted by molar-refractivity contribution is 7.09. The lowest BCUT2D eigenvalue weighted by molar-refractivity contribution is 0.0949. The van der Waals surface area contributed by atoms with E-state index in [1.807, 2.05) is 43.8 Å². The highest BCUT2D eigenvalue weighted by Gasteiger charge is 2.28. The number of benzene rings is 1. The molecule has 36 heavy (non-hydrogen) atoms. The monoisotopic (exact) mass is 497 g/mol. The molecule has 1 aromatic carbocycles. The van der Waals surface area contributed by atoms with Crippen molar-refractivity contribution in [1.29, 1.82) is 0 Å². The van der Waals surface area contributed by atoms with Crippen molar-refractivity contribution in [2.45, 2.75) is 58.8 Å². The Balaban J connectivity index is 1.29. The van der Waals surface area contributed by atoms with E-state index in [1.54, 1.807) is 17.5 Å². The third-order valence-electron chi connectivity index (χ3n) is 6.87. The highest BCUT2D eigenvalue weighted by atomic mass is 32.1. The zero-order chi connectivity index (χ0) is 24.9. The fourth-order valence-electron chi connectivity index (χ4n) is 5.03. The molecule has 1 aliphatic carbocycles. The van der Waals surface area contributed by atoms with Gasteiger partial charge in [0.05, 0.1) is 29.5 Å². The second kappa shape index (κ2) is 11.1. The summed E-state index contributed by atoms with van der Waals surface area (Å²) < 4.78 is 0. The molecule has 0 radical (unpaired) electrons. The minimum atomic E-state index is -0.0831. The van der Waals surface area contributed by atoms with Crippen LogP contribution >= 0.6 is 11.3 Å². The Morgan fingerprint density at radius 2 is 1.83 bits per heavy atom. The molecule has 0 fully saturated rings. The molecule has 7 heteroatoms. The van der Waals surface area contributed by atoms with E-state index in [0.29, 0.717) is 12.1 Å². The zero-order valence-electron chi connectivity index (χ0n) is 20.8.